The maximum Gasteiger partial charge on any atom is 0.414 e. The van der Waals surface area contributed by atoms with Gasteiger partial charge >= 0.3 is 18.1 Å². The zero-order valence-electron chi connectivity index (χ0n) is 22.4. The number of para-hydroxylation sites is 1. The van der Waals surface area contributed by atoms with Gasteiger partial charge in [0.1, 0.15) is 11.8 Å². The fraction of sp³-hybridized carbons (Fsp3) is 0.385. The zero-order chi connectivity index (χ0) is 29.5. The highest BCUT2D eigenvalue weighted by Gasteiger charge is 2.34. The Morgan fingerprint density at radius 1 is 1.15 bits per heavy atom. The van der Waals surface area contributed by atoms with E-state index in [0.29, 0.717) is 0 Å². The second kappa shape index (κ2) is 13.4. The molecule has 0 aromatic heterocycles. The van der Waals surface area contributed by atoms with Crippen LogP contribution < -0.4 is 20.4 Å². The number of urea groups is 1. The molecule has 220 valence electrons. The topological polar surface area (TPSA) is 122 Å². The molecule has 2 aromatic carbocycles. The van der Waals surface area contributed by atoms with Crippen LogP contribution in [0.2, 0.25) is 0 Å². The molecular weight excluding hydrogens is 564 g/mol. The highest BCUT2D eigenvalue weighted by molar-refractivity contribution is 7.80. The Morgan fingerprint density at radius 2 is 1.88 bits per heavy atom. The van der Waals surface area contributed by atoms with Crippen LogP contribution in [0.3, 0.4) is 0 Å². The molecule has 2 fully saturated rings. The van der Waals surface area contributed by atoms with Gasteiger partial charge in [-0.2, -0.15) is 0 Å². The number of ether oxygens (including phenoxy) is 3. The van der Waals surface area contributed by atoms with Gasteiger partial charge in [-0.05, 0) is 31.3 Å². The summed E-state index contributed by atoms with van der Waals surface area (Å²) in [6, 6.07) is 7.79. The normalized spacial score (nSPS) is 17.0. The molecule has 0 saturated carbocycles. The molecule has 0 spiro atoms. The third-order valence-corrected chi connectivity index (χ3v) is 6.55. The number of hydrogen-bond acceptors (Lipinski definition) is 9. The Labute approximate surface area is 240 Å². The molecule has 2 N–H and O–H groups in total. The first kappa shape index (κ1) is 29.7. The fourth-order valence-corrected chi connectivity index (χ4v) is 4.39. The molecule has 0 bridgehead atoms. The first-order chi connectivity index (χ1) is 19.7. The van der Waals surface area contributed by atoms with E-state index in [1.54, 1.807) is 25.1 Å². The highest BCUT2D eigenvalue weighted by Crippen LogP contribution is 2.31. The van der Waals surface area contributed by atoms with Crippen molar-refractivity contribution in [2.45, 2.75) is 13.0 Å². The number of carbonyl (C=O) groups is 3. The summed E-state index contributed by atoms with van der Waals surface area (Å²) in [6.07, 6.45) is -1.36. The number of thiocarbonyl (C=S) groups is 1. The van der Waals surface area contributed by atoms with Gasteiger partial charge < -0.3 is 29.7 Å². The minimum absolute atomic E-state index is 0.00194. The standard InChI is InChI=1S/C26H29F2N5O7S/c1-3-38-23(34)18-6-4-5-7-21(18)30-24(35)33-9-8-31(10-11-39-33)22-19(27)12-16(13-20(22)28)32-15-17(40-26(32)36)14-29-25(41)37-2/h4-7,12-13,17H,3,8-11,14-15H2,1-2H3,(H,29,41)(H,30,35)/t17-/m0/s1. The van der Waals surface area contributed by atoms with Crippen LogP contribution in [0.1, 0.15) is 17.3 Å². The minimum atomic E-state index is -0.892. The van der Waals surface area contributed by atoms with E-state index in [2.05, 4.69) is 10.6 Å². The Bertz CT molecular complexity index is 1290. The number of amides is 3. The van der Waals surface area contributed by atoms with E-state index in [1.807, 2.05) is 0 Å². The summed E-state index contributed by atoms with van der Waals surface area (Å²) in [6.45, 7) is 2.10. The van der Waals surface area contributed by atoms with Gasteiger partial charge in [-0.3, -0.25) is 9.74 Å². The van der Waals surface area contributed by atoms with Crippen molar-refractivity contribution < 1.29 is 42.2 Å². The predicted octanol–water partition coefficient (Wildman–Crippen LogP) is 3.27. The van der Waals surface area contributed by atoms with Crippen LogP contribution in [-0.2, 0) is 19.0 Å². The summed E-state index contributed by atoms with van der Waals surface area (Å²) in [5, 5.41) is 6.54. The molecule has 2 aliphatic rings. The zero-order valence-corrected chi connectivity index (χ0v) is 23.2. The molecule has 1 atom stereocenters. The van der Waals surface area contributed by atoms with Crippen molar-refractivity contribution in [1.82, 2.24) is 10.4 Å². The number of esters is 1. The lowest BCUT2D eigenvalue weighted by atomic mass is 10.2. The van der Waals surface area contributed by atoms with Gasteiger partial charge in [0, 0.05) is 25.2 Å². The third kappa shape index (κ3) is 7.10. The molecule has 41 heavy (non-hydrogen) atoms. The summed E-state index contributed by atoms with van der Waals surface area (Å²) < 4.78 is 45.6. The van der Waals surface area contributed by atoms with E-state index in [0.717, 1.165) is 22.1 Å². The number of carbonyl (C=O) groups excluding carboxylic acids is 3. The SMILES string of the molecule is CCOC(=O)c1ccccc1NC(=O)N1CCN(c2c(F)cc(N3C[C@H](CNC(=S)OC)OC3=O)cc2F)CCO1. The van der Waals surface area contributed by atoms with Crippen molar-refractivity contribution in [3.8, 4) is 0 Å². The molecule has 0 radical (unpaired) electrons. The highest BCUT2D eigenvalue weighted by atomic mass is 32.1. The van der Waals surface area contributed by atoms with Crippen LogP contribution in [0.25, 0.3) is 0 Å². The van der Waals surface area contributed by atoms with Crippen LogP contribution in [-0.4, -0.2) is 87.5 Å². The van der Waals surface area contributed by atoms with Crippen LogP contribution in [0, 0.1) is 11.6 Å². The van der Waals surface area contributed by atoms with E-state index in [-0.39, 0.29) is 73.7 Å². The first-order valence-corrected chi connectivity index (χ1v) is 13.1. The summed E-state index contributed by atoms with van der Waals surface area (Å²) >= 11 is 4.89. The van der Waals surface area contributed by atoms with Crippen LogP contribution >= 0.6 is 12.2 Å². The average molecular weight is 594 g/mol. The maximum absolute atomic E-state index is 15.2. The lowest BCUT2D eigenvalue weighted by Gasteiger charge is -2.24. The second-order valence-electron chi connectivity index (χ2n) is 8.87. The Balaban J connectivity index is 1.40. The third-order valence-electron chi connectivity index (χ3n) is 6.23. The molecule has 2 saturated heterocycles. The Hall–Kier alpha value is -4.24. The molecule has 0 aliphatic carbocycles. The molecule has 3 amide bonds. The van der Waals surface area contributed by atoms with Gasteiger partial charge in [0.05, 0.1) is 56.9 Å². The summed E-state index contributed by atoms with van der Waals surface area (Å²) in [5.74, 6) is -2.38. The lowest BCUT2D eigenvalue weighted by molar-refractivity contribution is -0.100. The van der Waals surface area contributed by atoms with Crippen LogP contribution in [0.15, 0.2) is 36.4 Å². The Kier molecular flexibility index (Phi) is 9.73. The number of hydrogen-bond donors (Lipinski definition) is 2. The Morgan fingerprint density at radius 3 is 2.59 bits per heavy atom. The van der Waals surface area contributed by atoms with Crippen molar-refractivity contribution in [3.05, 3.63) is 53.6 Å². The molecule has 15 heteroatoms. The molecule has 0 unspecified atom stereocenters. The second-order valence-corrected chi connectivity index (χ2v) is 9.24. The molecule has 2 heterocycles. The summed E-state index contributed by atoms with van der Waals surface area (Å²) in [4.78, 5) is 45.5. The van der Waals surface area contributed by atoms with Crippen molar-refractivity contribution in [2.24, 2.45) is 0 Å². The van der Waals surface area contributed by atoms with E-state index >= 15 is 8.78 Å². The average Bonchev–Trinajstić information content (AvgIpc) is 3.15. The van der Waals surface area contributed by atoms with Gasteiger partial charge in [0.15, 0.2) is 11.6 Å². The van der Waals surface area contributed by atoms with Gasteiger partial charge in [-0.15, -0.1) is 0 Å². The molecule has 12 nitrogen and oxygen atoms in total. The van der Waals surface area contributed by atoms with Gasteiger partial charge in [-0.25, -0.2) is 28.2 Å². The molecule has 2 aliphatic heterocycles. The summed E-state index contributed by atoms with van der Waals surface area (Å²) in [5.41, 5.74) is 0.0841. The van der Waals surface area contributed by atoms with Crippen LogP contribution in [0.5, 0.6) is 0 Å². The number of hydroxylamine groups is 2. The number of nitrogens with zero attached hydrogens (tertiary/aromatic N) is 3. The molecular formula is C26H29F2N5O7S. The number of cyclic esters (lactones) is 1. The smallest absolute Gasteiger partial charge is 0.414 e. The number of benzene rings is 2. The lowest BCUT2D eigenvalue weighted by Crippen LogP contribution is -2.38. The monoisotopic (exact) mass is 593 g/mol. The first-order valence-electron chi connectivity index (χ1n) is 12.7. The molecule has 2 aromatic rings. The van der Waals surface area contributed by atoms with Gasteiger partial charge in [-0.1, -0.05) is 12.1 Å². The maximum atomic E-state index is 15.2. The van der Waals surface area contributed by atoms with Crippen LogP contribution in [0.4, 0.5) is 35.4 Å². The van der Waals surface area contributed by atoms with E-state index in [1.165, 1.54) is 18.1 Å². The number of anilines is 3. The largest absolute Gasteiger partial charge is 0.474 e. The summed E-state index contributed by atoms with van der Waals surface area (Å²) in [7, 11) is 1.39. The number of halogens is 2. The molecule has 4 rings (SSSR count). The quantitative estimate of drug-likeness (QED) is 0.366. The number of rotatable bonds is 7. The number of nitrogens with one attached hydrogen (secondary N) is 2. The van der Waals surface area contributed by atoms with Crippen molar-refractivity contribution in [3.63, 3.8) is 0 Å². The van der Waals surface area contributed by atoms with E-state index in [9.17, 15) is 14.4 Å². The predicted molar refractivity (Wildman–Crippen MR) is 148 cm³/mol. The van der Waals surface area contributed by atoms with Crippen molar-refractivity contribution >= 4 is 52.5 Å². The van der Waals surface area contributed by atoms with Crippen molar-refractivity contribution in [2.75, 3.05) is 68.2 Å². The van der Waals surface area contributed by atoms with Gasteiger partial charge in [0.25, 0.3) is 5.17 Å². The van der Waals surface area contributed by atoms with E-state index in [4.69, 9.17) is 31.3 Å². The fourth-order valence-electron chi connectivity index (χ4n) is 4.31. The number of methoxy groups -OCH3 is 1. The minimum Gasteiger partial charge on any atom is -0.474 e. The van der Waals surface area contributed by atoms with Gasteiger partial charge in [0.2, 0.25) is 0 Å². The van der Waals surface area contributed by atoms with E-state index < -0.39 is 35.8 Å². The van der Waals surface area contributed by atoms with Crippen molar-refractivity contribution in [1.29, 1.82) is 0 Å².